The quantitative estimate of drug-likeness (QED) is 0.843. The monoisotopic (exact) mass is 309 g/mol. The maximum atomic E-state index is 12.1. The van der Waals surface area contributed by atoms with Crippen LogP contribution >= 0.6 is 0 Å². The van der Waals surface area contributed by atoms with E-state index in [-0.39, 0.29) is 12.2 Å². The molecule has 1 amide bonds. The van der Waals surface area contributed by atoms with E-state index in [1.54, 1.807) is 11.2 Å². The van der Waals surface area contributed by atoms with E-state index < -0.39 is 5.60 Å². The molecule has 1 fully saturated rings. The Morgan fingerprint density at radius 2 is 2.27 bits per heavy atom. The van der Waals surface area contributed by atoms with Crippen LogP contribution in [0.2, 0.25) is 0 Å². The maximum absolute atomic E-state index is 12.1. The molecule has 1 saturated heterocycles. The Labute approximate surface area is 132 Å². The molecular weight excluding hydrogens is 282 g/mol. The number of hydrogen-bond acceptors (Lipinski definition) is 4. The first-order valence-corrected chi connectivity index (χ1v) is 7.98. The molecule has 0 spiro atoms. The van der Waals surface area contributed by atoms with E-state index in [9.17, 15) is 4.79 Å². The van der Waals surface area contributed by atoms with E-state index >= 15 is 0 Å². The molecule has 5 heteroatoms. The Bertz CT molecular complexity index is 464. The summed E-state index contributed by atoms with van der Waals surface area (Å²) < 4.78 is 16.7. The van der Waals surface area contributed by atoms with Crippen molar-refractivity contribution >= 4 is 6.09 Å². The first kappa shape index (κ1) is 16.9. The Kier molecular flexibility index (Phi) is 5.51. The fourth-order valence-corrected chi connectivity index (χ4v) is 2.58. The van der Waals surface area contributed by atoms with Gasteiger partial charge in [-0.15, -0.1) is 0 Å². The van der Waals surface area contributed by atoms with E-state index in [4.69, 9.17) is 13.9 Å². The van der Waals surface area contributed by atoms with E-state index in [1.165, 1.54) is 0 Å². The van der Waals surface area contributed by atoms with Gasteiger partial charge in [-0.3, -0.25) is 0 Å². The van der Waals surface area contributed by atoms with Crippen molar-refractivity contribution in [3.05, 3.63) is 24.2 Å². The number of carbonyl (C=O) groups excluding carboxylic acids is 1. The minimum absolute atomic E-state index is 0.0631. The zero-order chi connectivity index (χ0) is 16.2. The lowest BCUT2D eigenvalue weighted by atomic mass is 9.99. The van der Waals surface area contributed by atoms with Crippen LogP contribution in [0.1, 0.15) is 52.4 Å². The number of amides is 1. The minimum atomic E-state index is -0.450. The van der Waals surface area contributed by atoms with Gasteiger partial charge in [0.2, 0.25) is 0 Å². The summed E-state index contributed by atoms with van der Waals surface area (Å²) in [5.74, 6) is 1.18. The zero-order valence-electron chi connectivity index (χ0n) is 14.0. The van der Waals surface area contributed by atoms with Gasteiger partial charge in [0.05, 0.1) is 12.9 Å². The summed E-state index contributed by atoms with van der Waals surface area (Å²) in [7, 11) is 0. The summed E-state index contributed by atoms with van der Waals surface area (Å²) in [6, 6.07) is 3.78. The van der Waals surface area contributed by atoms with Crippen LogP contribution in [0.25, 0.3) is 0 Å². The van der Waals surface area contributed by atoms with Crippen LogP contribution < -0.4 is 0 Å². The van der Waals surface area contributed by atoms with Crippen LogP contribution in [-0.2, 0) is 9.47 Å². The van der Waals surface area contributed by atoms with Crippen molar-refractivity contribution < 1.29 is 18.7 Å². The van der Waals surface area contributed by atoms with Crippen LogP contribution in [-0.4, -0.2) is 36.3 Å². The summed E-state index contributed by atoms with van der Waals surface area (Å²) in [6.45, 7) is 9.73. The highest BCUT2D eigenvalue weighted by molar-refractivity contribution is 5.68. The normalized spacial score (nSPS) is 20.7. The molecule has 0 bridgehead atoms. The second-order valence-corrected chi connectivity index (χ2v) is 6.93. The second-order valence-electron chi connectivity index (χ2n) is 6.93. The molecule has 0 radical (unpaired) electrons. The lowest BCUT2D eigenvalue weighted by Crippen LogP contribution is -2.43. The molecule has 124 valence electrons. The molecule has 0 aromatic carbocycles. The number of furan rings is 1. The number of likely N-dealkylation sites (tertiary alicyclic amines) is 1. The number of ether oxygens (including phenoxy) is 2. The molecule has 2 unspecified atom stereocenters. The fraction of sp³-hybridized carbons (Fsp3) is 0.706. The molecule has 2 atom stereocenters. The highest BCUT2D eigenvalue weighted by Gasteiger charge is 2.28. The smallest absolute Gasteiger partial charge is 0.410 e. The van der Waals surface area contributed by atoms with Gasteiger partial charge in [0, 0.05) is 19.0 Å². The van der Waals surface area contributed by atoms with Crippen molar-refractivity contribution in [1.29, 1.82) is 0 Å². The Morgan fingerprint density at radius 1 is 1.50 bits per heavy atom. The van der Waals surface area contributed by atoms with Gasteiger partial charge in [-0.2, -0.15) is 0 Å². The topological polar surface area (TPSA) is 51.9 Å². The van der Waals surface area contributed by atoms with Gasteiger partial charge >= 0.3 is 6.09 Å². The number of piperidine rings is 1. The average molecular weight is 309 g/mol. The molecule has 2 rings (SSSR count). The second kappa shape index (κ2) is 7.18. The molecule has 5 nitrogen and oxygen atoms in total. The van der Waals surface area contributed by atoms with Crippen LogP contribution in [0.3, 0.4) is 0 Å². The summed E-state index contributed by atoms with van der Waals surface area (Å²) in [6.07, 6.45) is 3.43. The van der Waals surface area contributed by atoms with Gasteiger partial charge in [0.1, 0.15) is 17.5 Å². The lowest BCUT2D eigenvalue weighted by Gasteiger charge is -2.34. The summed E-state index contributed by atoms with van der Waals surface area (Å²) in [5.41, 5.74) is -0.450. The molecule has 0 saturated carbocycles. The Hall–Kier alpha value is -1.49. The number of nitrogens with zero attached hydrogens (tertiary/aromatic N) is 1. The van der Waals surface area contributed by atoms with Gasteiger partial charge in [-0.25, -0.2) is 4.79 Å². The SMILES string of the molecule is CC(OCC1CCCN(C(=O)OC(C)(C)C)C1)c1ccco1. The first-order valence-electron chi connectivity index (χ1n) is 7.98. The van der Waals surface area contributed by atoms with Gasteiger partial charge in [-0.05, 0) is 52.7 Å². The van der Waals surface area contributed by atoms with Crippen LogP contribution in [0.5, 0.6) is 0 Å². The average Bonchev–Trinajstić information content (AvgIpc) is 2.97. The molecule has 22 heavy (non-hydrogen) atoms. The molecule has 1 aliphatic rings. The third-order valence-electron chi connectivity index (χ3n) is 3.70. The molecule has 1 aliphatic heterocycles. The largest absolute Gasteiger partial charge is 0.467 e. The Morgan fingerprint density at radius 3 is 2.91 bits per heavy atom. The predicted octanol–water partition coefficient (Wildman–Crippen LogP) is 4.00. The number of hydrogen-bond donors (Lipinski definition) is 0. The van der Waals surface area contributed by atoms with E-state index in [2.05, 4.69) is 0 Å². The predicted molar refractivity (Wildman–Crippen MR) is 83.6 cm³/mol. The lowest BCUT2D eigenvalue weighted by molar-refractivity contribution is -0.00817. The van der Waals surface area contributed by atoms with Crippen molar-refractivity contribution in [2.24, 2.45) is 5.92 Å². The van der Waals surface area contributed by atoms with Gasteiger partial charge < -0.3 is 18.8 Å². The zero-order valence-corrected chi connectivity index (χ0v) is 14.0. The highest BCUT2D eigenvalue weighted by Crippen LogP contribution is 2.23. The third-order valence-corrected chi connectivity index (χ3v) is 3.70. The summed E-state index contributed by atoms with van der Waals surface area (Å²) in [4.78, 5) is 13.9. The number of rotatable bonds is 4. The van der Waals surface area contributed by atoms with Crippen molar-refractivity contribution in [1.82, 2.24) is 4.90 Å². The highest BCUT2D eigenvalue weighted by atomic mass is 16.6. The van der Waals surface area contributed by atoms with E-state index in [0.29, 0.717) is 19.1 Å². The number of carbonyl (C=O) groups is 1. The van der Waals surface area contributed by atoms with E-state index in [1.807, 2.05) is 39.8 Å². The van der Waals surface area contributed by atoms with Gasteiger partial charge in [0.15, 0.2) is 0 Å². The van der Waals surface area contributed by atoms with Crippen molar-refractivity contribution in [3.8, 4) is 0 Å². The molecule has 2 heterocycles. The molecule has 0 N–H and O–H groups in total. The molecule has 1 aromatic rings. The Balaban J connectivity index is 1.79. The van der Waals surface area contributed by atoms with Crippen LogP contribution in [0.15, 0.2) is 22.8 Å². The minimum Gasteiger partial charge on any atom is -0.467 e. The molecular formula is C17H27NO4. The van der Waals surface area contributed by atoms with Gasteiger partial charge in [0.25, 0.3) is 0 Å². The standard InChI is InChI=1S/C17H27NO4/c1-13(15-8-6-10-20-15)21-12-14-7-5-9-18(11-14)16(19)22-17(2,3)4/h6,8,10,13-14H,5,7,9,11-12H2,1-4H3. The van der Waals surface area contributed by atoms with E-state index in [0.717, 1.165) is 25.1 Å². The van der Waals surface area contributed by atoms with Crippen molar-refractivity contribution in [2.45, 2.75) is 52.2 Å². The first-order chi connectivity index (χ1) is 10.3. The van der Waals surface area contributed by atoms with Crippen LogP contribution in [0, 0.1) is 5.92 Å². The van der Waals surface area contributed by atoms with Crippen molar-refractivity contribution in [2.75, 3.05) is 19.7 Å². The van der Waals surface area contributed by atoms with Gasteiger partial charge in [-0.1, -0.05) is 0 Å². The summed E-state index contributed by atoms with van der Waals surface area (Å²) >= 11 is 0. The molecule has 1 aromatic heterocycles. The van der Waals surface area contributed by atoms with Crippen LogP contribution in [0.4, 0.5) is 4.79 Å². The molecule has 0 aliphatic carbocycles. The van der Waals surface area contributed by atoms with Crippen molar-refractivity contribution in [3.63, 3.8) is 0 Å². The fourth-order valence-electron chi connectivity index (χ4n) is 2.58. The maximum Gasteiger partial charge on any atom is 0.410 e. The summed E-state index contributed by atoms with van der Waals surface area (Å²) in [5, 5.41) is 0. The third kappa shape index (κ3) is 5.05.